The minimum atomic E-state index is -1.01. The Morgan fingerprint density at radius 1 is 1.40 bits per heavy atom. The number of rotatable bonds is 4. The van der Waals surface area contributed by atoms with Gasteiger partial charge < -0.3 is 11.5 Å². The van der Waals surface area contributed by atoms with E-state index in [1.165, 1.54) is 0 Å². The molecule has 0 aliphatic carbocycles. The SMILES string of the molecule is NC(=O)CC1CC[N+](O)(CC(N)=O)C1=O. The van der Waals surface area contributed by atoms with Gasteiger partial charge in [-0.3, -0.25) is 9.59 Å². The zero-order valence-corrected chi connectivity index (χ0v) is 8.18. The number of amides is 3. The van der Waals surface area contributed by atoms with Gasteiger partial charge in [-0.2, -0.15) is 0 Å². The second-order valence-electron chi connectivity index (χ2n) is 3.76. The van der Waals surface area contributed by atoms with E-state index in [9.17, 15) is 19.6 Å². The molecule has 84 valence electrons. The van der Waals surface area contributed by atoms with E-state index >= 15 is 0 Å². The highest BCUT2D eigenvalue weighted by Gasteiger charge is 2.49. The number of carbonyl (C=O) groups excluding carboxylic acids is 3. The third-order valence-corrected chi connectivity index (χ3v) is 2.47. The molecule has 1 rings (SSSR count). The van der Waals surface area contributed by atoms with Crippen molar-refractivity contribution < 1.29 is 24.2 Å². The molecule has 7 nitrogen and oxygen atoms in total. The van der Waals surface area contributed by atoms with E-state index in [2.05, 4.69) is 0 Å². The van der Waals surface area contributed by atoms with Crippen LogP contribution in [-0.2, 0) is 14.4 Å². The zero-order valence-electron chi connectivity index (χ0n) is 8.18. The smallest absolute Gasteiger partial charge is 0.349 e. The molecular formula is C8H14N3O4+. The van der Waals surface area contributed by atoms with Gasteiger partial charge in [0.05, 0.1) is 5.92 Å². The largest absolute Gasteiger partial charge is 0.370 e. The average Bonchev–Trinajstić information content (AvgIpc) is 2.31. The molecule has 7 heteroatoms. The van der Waals surface area contributed by atoms with Crippen molar-refractivity contribution in [3.8, 4) is 0 Å². The van der Waals surface area contributed by atoms with Gasteiger partial charge in [-0.15, -0.1) is 4.65 Å². The number of likely N-dealkylation sites (tertiary alicyclic amines) is 1. The first-order valence-corrected chi connectivity index (χ1v) is 4.56. The van der Waals surface area contributed by atoms with Crippen LogP contribution in [0.3, 0.4) is 0 Å². The Kier molecular flexibility index (Phi) is 3.06. The minimum absolute atomic E-state index is 0.0969. The van der Waals surface area contributed by atoms with E-state index in [4.69, 9.17) is 11.5 Å². The van der Waals surface area contributed by atoms with Crippen LogP contribution in [0, 0.1) is 5.92 Å². The number of quaternary nitrogens is 1. The maximum absolute atomic E-state index is 11.6. The summed E-state index contributed by atoms with van der Waals surface area (Å²) in [5.74, 6) is -2.52. The highest BCUT2D eigenvalue weighted by Crippen LogP contribution is 2.26. The van der Waals surface area contributed by atoms with Gasteiger partial charge in [0.1, 0.15) is 6.54 Å². The van der Waals surface area contributed by atoms with E-state index in [1.807, 2.05) is 0 Å². The van der Waals surface area contributed by atoms with Crippen LogP contribution in [-0.4, -0.2) is 40.7 Å². The van der Waals surface area contributed by atoms with Crippen LogP contribution in [0.5, 0.6) is 0 Å². The molecule has 1 fully saturated rings. The molecule has 0 saturated carbocycles. The Morgan fingerprint density at radius 2 is 2.00 bits per heavy atom. The lowest BCUT2D eigenvalue weighted by atomic mass is 10.0. The van der Waals surface area contributed by atoms with E-state index < -0.39 is 34.8 Å². The number of primary amides is 2. The predicted octanol–water partition coefficient (Wildman–Crippen LogP) is -1.90. The summed E-state index contributed by atoms with van der Waals surface area (Å²) in [5.41, 5.74) is 9.86. The molecule has 15 heavy (non-hydrogen) atoms. The summed E-state index contributed by atoms with van der Waals surface area (Å²) in [5, 5.41) is 9.75. The fourth-order valence-corrected chi connectivity index (χ4v) is 1.79. The number of hydroxylamine groups is 3. The minimum Gasteiger partial charge on any atom is -0.370 e. The average molecular weight is 216 g/mol. The molecule has 0 radical (unpaired) electrons. The van der Waals surface area contributed by atoms with Crippen molar-refractivity contribution in [1.29, 1.82) is 0 Å². The van der Waals surface area contributed by atoms with Crippen molar-refractivity contribution in [2.45, 2.75) is 12.8 Å². The van der Waals surface area contributed by atoms with Crippen molar-refractivity contribution in [3.63, 3.8) is 0 Å². The Balaban J connectivity index is 2.70. The summed E-state index contributed by atoms with van der Waals surface area (Å²) in [4.78, 5) is 32.9. The topological polar surface area (TPSA) is 123 Å². The molecule has 1 aliphatic heterocycles. The Bertz CT molecular complexity index is 317. The third kappa shape index (κ3) is 2.51. The normalized spacial score (nSPS) is 30.5. The van der Waals surface area contributed by atoms with Crippen LogP contribution in [0.25, 0.3) is 0 Å². The fraction of sp³-hybridized carbons (Fsp3) is 0.625. The molecule has 1 saturated heterocycles. The second kappa shape index (κ2) is 3.95. The molecular weight excluding hydrogens is 202 g/mol. The van der Waals surface area contributed by atoms with Crippen molar-refractivity contribution >= 4 is 17.7 Å². The molecule has 2 unspecified atom stereocenters. The van der Waals surface area contributed by atoms with E-state index in [0.29, 0.717) is 6.42 Å². The molecule has 0 bridgehead atoms. The standard InChI is InChI=1S/C8H13N3O4/c9-6(12)3-5-1-2-11(15,8(5)14)4-7(10)13/h5,15H,1-4H2,(H3-,9,10,12,13)/p+1. The summed E-state index contributed by atoms with van der Waals surface area (Å²) >= 11 is 0. The summed E-state index contributed by atoms with van der Waals surface area (Å²) in [6.45, 7) is -0.353. The third-order valence-electron chi connectivity index (χ3n) is 2.47. The Hall–Kier alpha value is -1.47. The molecule has 2 atom stereocenters. The predicted molar refractivity (Wildman–Crippen MR) is 47.9 cm³/mol. The number of carbonyl (C=O) groups is 3. The van der Waals surface area contributed by atoms with Gasteiger partial charge in [0.25, 0.3) is 5.91 Å². The summed E-state index contributed by atoms with van der Waals surface area (Å²) in [6.07, 6.45) is 0.240. The highest BCUT2D eigenvalue weighted by molar-refractivity contribution is 5.84. The van der Waals surface area contributed by atoms with Crippen molar-refractivity contribution in [1.82, 2.24) is 0 Å². The lowest BCUT2D eigenvalue weighted by molar-refractivity contribution is -1.03. The maximum atomic E-state index is 11.6. The maximum Gasteiger partial charge on any atom is 0.349 e. The number of hydrogen-bond donors (Lipinski definition) is 3. The molecule has 0 spiro atoms. The number of nitrogens with zero attached hydrogens (tertiary/aromatic N) is 1. The van der Waals surface area contributed by atoms with E-state index in [1.54, 1.807) is 0 Å². The molecule has 3 amide bonds. The van der Waals surface area contributed by atoms with Crippen molar-refractivity contribution in [2.24, 2.45) is 17.4 Å². The first-order valence-electron chi connectivity index (χ1n) is 4.56. The van der Waals surface area contributed by atoms with Crippen molar-refractivity contribution in [2.75, 3.05) is 13.1 Å². The summed E-state index contributed by atoms with van der Waals surface area (Å²) in [6, 6.07) is 0. The molecule has 5 N–H and O–H groups in total. The summed E-state index contributed by atoms with van der Waals surface area (Å²) < 4.78 is -1.01. The van der Waals surface area contributed by atoms with Gasteiger partial charge in [-0.25, -0.2) is 10.0 Å². The Labute approximate surface area is 86.2 Å². The van der Waals surface area contributed by atoms with Gasteiger partial charge in [0.2, 0.25) is 5.91 Å². The van der Waals surface area contributed by atoms with Gasteiger partial charge in [0, 0.05) is 12.8 Å². The monoisotopic (exact) mass is 216 g/mol. The molecule has 0 aromatic rings. The van der Waals surface area contributed by atoms with Crippen LogP contribution >= 0.6 is 0 Å². The lowest BCUT2D eigenvalue weighted by Gasteiger charge is -2.20. The summed E-state index contributed by atoms with van der Waals surface area (Å²) in [7, 11) is 0. The van der Waals surface area contributed by atoms with Crippen LogP contribution < -0.4 is 11.5 Å². The van der Waals surface area contributed by atoms with Crippen LogP contribution in [0.1, 0.15) is 12.8 Å². The fourth-order valence-electron chi connectivity index (χ4n) is 1.79. The molecule has 1 aliphatic rings. The Morgan fingerprint density at radius 3 is 2.47 bits per heavy atom. The number of hydrogen-bond acceptors (Lipinski definition) is 4. The second-order valence-corrected chi connectivity index (χ2v) is 3.76. The van der Waals surface area contributed by atoms with Crippen LogP contribution in [0.15, 0.2) is 0 Å². The van der Waals surface area contributed by atoms with Crippen molar-refractivity contribution in [3.05, 3.63) is 0 Å². The zero-order chi connectivity index (χ0) is 11.6. The number of nitrogens with two attached hydrogens (primary N) is 2. The van der Waals surface area contributed by atoms with Gasteiger partial charge >= 0.3 is 5.91 Å². The van der Waals surface area contributed by atoms with Gasteiger partial charge in [-0.05, 0) is 0 Å². The van der Waals surface area contributed by atoms with E-state index in [-0.39, 0.29) is 13.0 Å². The first kappa shape index (κ1) is 11.6. The quantitative estimate of drug-likeness (QED) is 0.375. The lowest BCUT2D eigenvalue weighted by Crippen LogP contribution is -2.52. The first-order chi connectivity index (χ1) is 6.85. The van der Waals surface area contributed by atoms with Gasteiger partial charge in [-0.1, -0.05) is 0 Å². The van der Waals surface area contributed by atoms with E-state index in [0.717, 1.165) is 0 Å². The molecule has 0 aromatic heterocycles. The molecule has 0 aromatic carbocycles. The highest BCUT2D eigenvalue weighted by atomic mass is 16.6. The van der Waals surface area contributed by atoms with Crippen LogP contribution in [0.2, 0.25) is 0 Å². The molecule has 1 heterocycles. The van der Waals surface area contributed by atoms with Gasteiger partial charge in [0.15, 0.2) is 6.54 Å². The van der Waals surface area contributed by atoms with Crippen LogP contribution in [0.4, 0.5) is 0 Å².